The second-order valence-electron chi connectivity index (χ2n) is 3.96. The zero-order chi connectivity index (χ0) is 10.3. The predicted octanol–water partition coefficient (Wildman–Crippen LogP) is 3.47. The Kier molecular flexibility index (Phi) is 6.29. The molecule has 0 aromatic rings. The Morgan fingerprint density at radius 3 is 2.46 bits per heavy atom. The minimum Gasteiger partial charge on any atom is -0.411 e. The Bertz CT molecular complexity index is 181. The summed E-state index contributed by atoms with van der Waals surface area (Å²) in [6.45, 7) is 8.49. The van der Waals surface area contributed by atoms with Crippen LogP contribution < -0.4 is 0 Å². The van der Waals surface area contributed by atoms with Crippen molar-refractivity contribution in [1.82, 2.24) is 0 Å². The highest BCUT2D eigenvalue weighted by Crippen LogP contribution is 2.15. The molecule has 1 N–H and O–H groups in total. The van der Waals surface area contributed by atoms with Crippen LogP contribution in [0.15, 0.2) is 16.8 Å². The van der Waals surface area contributed by atoms with Gasteiger partial charge in [0.05, 0.1) is 0 Å². The van der Waals surface area contributed by atoms with Crippen molar-refractivity contribution in [3.8, 4) is 0 Å². The van der Waals surface area contributed by atoms with Crippen LogP contribution in [-0.4, -0.2) is 11.4 Å². The van der Waals surface area contributed by atoms with Crippen LogP contribution in [-0.2, 0) is 0 Å². The molecule has 0 amide bonds. The van der Waals surface area contributed by atoms with Crippen LogP contribution in [0.25, 0.3) is 0 Å². The van der Waals surface area contributed by atoms with Crippen molar-refractivity contribution < 1.29 is 5.21 Å². The standard InChI is InChI=1S/C11H21NO/c1-9(2)6-5-7-10(3)11(4)8-12-13/h6,8,10-11,13H,5,7H2,1-4H3/b12-8-. The molecule has 13 heavy (non-hydrogen) atoms. The zero-order valence-corrected chi connectivity index (χ0v) is 9.12. The normalized spacial score (nSPS) is 15.7. The number of allylic oxidation sites excluding steroid dienone is 2. The molecule has 76 valence electrons. The Morgan fingerprint density at radius 1 is 1.38 bits per heavy atom. The summed E-state index contributed by atoms with van der Waals surface area (Å²) in [5, 5.41) is 11.4. The number of hydrogen-bond donors (Lipinski definition) is 1. The molecule has 0 saturated heterocycles. The molecule has 2 unspecified atom stereocenters. The van der Waals surface area contributed by atoms with E-state index in [1.54, 1.807) is 6.21 Å². The summed E-state index contributed by atoms with van der Waals surface area (Å²) in [7, 11) is 0. The van der Waals surface area contributed by atoms with Crippen LogP contribution in [0.5, 0.6) is 0 Å². The van der Waals surface area contributed by atoms with Crippen LogP contribution in [0.4, 0.5) is 0 Å². The molecule has 0 aliphatic carbocycles. The zero-order valence-electron chi connectivity index (χ0n) is 9.12. The first kappa shape index (κ1) is 12.2. The molecule has 0 fully saturated rings. The average molecular weight is 183 g/mol. The van der Waals surface area contributed by atoms with Gasteiger partial charge in [-0.25, -0.2) is 0 Å². The molecular weight excluding hydrogens is 162 g/mol. The topological polar surface area (TPSA) is 32.6 Å². The number of rotatable bonds is 5. The van der Waals surface area contributed by atoms with Gasteiger partial charge in [0, 0.05) is 6.21 Å². The van der Waals surface area contributed by atoms with Crippen LogP contribution in [0.3, 0.4) is 0 Å². The highest BCUT2D eigenvalue weighted by Gasteiger charge is 2.08. The van der Waals surface area contributed by atoms with Gasteiger partial charge in [0.25, 0.3) is 0 Å². The molecule has 0 radical (unpaired) electrons. The number of hydrogen-bond acceptors (Lipinski definition) is 2. The maximum absolute atomic E-state index is 8.36. The van der Waals surface area contributed by atoms with Gasteiger partial charge < -0.3 is 5.21 Å². The Hall–Kier alpha value is -0.790. The van der Waals surface area contributed by atoms with Crippen molar-refractivity contribution in [3.63, 3.8) is 0 Å². The maximum atomic E-state index is 8.36. The van der Waals surface area contributed by atoms with E-state index in [0.29, 0.717) is 11.8 Å². The van der Waals surface area contributed by atoms with Crippen molar-refractivity contribution in [2.24, 2.45) is 17.0 Å². The first-order valence-corrected chi connectivity index (χ1v) is 4.88. The first-order chi connectivity index (χ1) is 6.07. The van der Waals surface area contributed by atoms with E-state index in [-0.39, 0.29) is 0 Å². The van der Waals surface area contributed by atoms with Crippen molar-refractivity contribution in [2.75, 3.05) is 0 Å². The monoisotopic (exact) mass is 183 g/mol. The SMILES string of the molecule is CC(C)=CCCC(C)C(C)/C=N\O. The molecule has 2 heteroatoms. The Morgan fingerprint density at radius 2 is 2.00 bits per heavy atom. The third kappa shape index (κ3) is 6.38. The molecule has 2 nitrogen and oxygen atoms in total. The molecule has 0 rings (SSSR count). The van der Waals surface area contributed by atoms with Crippen LogP contribution in [0.2, 0.25) is 0 Å². The molecule has 0 aliphatic rings. The molecule has 0 spiro atoms. The molecule has 2 atom stereocenters. The van der Waals surface area contributed by atoms with Crippen LogP contribution in [0.1, 0.15) is 40.5 Å². The molecular formula is C11H21NO. The van der Waals surface area contributed by atoms with Crippen molar-refractivity contribution in [3.05, 3.63) is 11.6 Å². The lowest BCUT2D eigenvalue weighted by Gasteiger charge is -2.13. The van der Waals surface area contributed by atoms with Crippen molar-refractivity contribution >= 4 is 6.21 Å². The molecule has 0 aliphatic heterocycles. The van der Waals surface area contributed by atoms with Gasteiger partial charge >= 0.3 is 0 Å². The molecule has 0 bridgehead atoms. The van der Waals surface area contributed by atoms with Gasteiger partial charge in [-0.3, -0.25) is 0 Å². The molecule has 0 saturated carbocycles. The minimum atomic E-state index is 0.357. The fourth-order valence-corrected chi connectivity index (χ4v) is 1.15. The summed E-state index contributed by atoms with van der Waals surface area (Å²) in [6.07, 6.45) is 6.12. The summed E-state index contributed by atoms with van der Waals surface area (Å²) in [5.41, 5.74) is 1.37. The second-order valence-corrected chi connectivity index (χ2v) is 3.96. The summed E-state index contributed by atoms with van der Waals surface area (Å²) in [5.74, 6) is 0.932. The predicted molar refractivity (Wildman–Crippen MR) is 57.3 cm³/mol. The Balaban J connectivity index is 3.73. The van der Waals surface area contributed by atoms with E-state index < -0.39 is 0 Å². The smallest absolute Gasteiger partial charge is 0.0466 e. The minimum absolute atomic E-state index is 0.357. The summed E-state index contributed by atoms with van der Waals surface area (Å²) in [6, 6.07) is 0. The van der Waals surface area contributed by atoms with E-state index in [9.17, 15) is 0 Å². The summed E-state index contributed by atoms with van der Waals surface area (Å²) in [4.78, 5) is 0. The van der Waals surface area contributed by atoms with Crippen molar-refractivity contribution in [2.45, 2.75) is 40.5 Å². The van der Waals surface area contributed by atoms with Gasteiger partial charge in [0.1, 0.15) is 0 Å². The van der Waals surface area contributed by atoms with E-state index in [1.807, 2.05) is 0 Å². The van der Waals surface area contributed by atoms with E-state index in [0.717, 1.165) is 12.8 Å². The van der Waals surface area contributed by atoms with E-state index >= 15 is 0 Å². The molecule has 0 aromatic heterocycles. The Labute approximate surface area is 81.3 Å². The van der Waals surface area contributed by atoms with E-state index in [1.165, 1.54) is 5.57 Å². The largest absolute Gasteiger partial charge is 0.411 e. The number of nitrogens with zero attached hydrogens (tertiary/aromatic N) is 1. The summed E-state index contributed by atoms with van der Waals surface area (Å²) >= 11 is 0. The van der Waals surface area contributed by atoms with Gasteiger partial charge in [0.15, 0.2) is 0 Å². The lowest BCUT2D eigenvalue weighted by atomic mass is 9.92. The second kappa shape index (κ2) is 6.70. The molecule has 0 heterocycles. The van der Waals surface area contributed by atoms with Crippen molar-refractivity contribution in [1.29, 1.82) is 0 Å². The quantitative estimate of drug-likeness (QED) is 0.301. The van der Waals surface area contributed by atoms with Gasteiger partial charge in [0.2, 0.25) is 0 Å². The third-order valence-electron chi connectivity index (χ3n) is 2.37. The van der Waals surface area contributed by atoms with Gasteiger partial charge in [-0.15, -0.1) is 5.16 Å². The fourth-order valence-electron chi connectivity index (χ4n) is 1.15. The van der Waals surface area contributed by atoms with E-state index in [2.05, 4.69) is 38.9 Å². The molecule has 0 aromatic carbocycles. The highest BCUT2D eigenvalue weighted by molar-refractivity contribution is 5.59. The van der Waals surface area contributed by atoms with Crippen LogP contribution >= 0.6 is 0 Å². The van der Waals surface area contributed by atoms with E-state index in [4.69, 9.17) is 5.21 Å². The first-order valence-electron chi connectivity index (χ1n) is 4.88. The third-order valence-corrected chi connectivity index (χ3v) is 2.37. The van der Waals surface area contributed by atoms with Crippen LogP contribution in [0, 0.1) is 11.8 Å². The summed E-state index contributed by atoms with van der Waals surface area (Å²) < 4.78 is 0. The van der Waals surface area contributed by atoms with Gasteiger partial charge in [-0.1, -0.05) is 25.5 Å². The number of oxime groups is 1. The lowest BCUT2D eigenvalue weighted by molar-refractivity contribution is 0.314. The highest BCUT2D eigenvalue weighted by atomic mass is 16.4. The fraction of sp³-hybridized carbons (Fsp3) is 0.727. The lowest BCUT2D eigenvalue weighted by Crippen LogP contribution is -2.08. The average Bonchev–Trinajstić information content (AvgIpc) is 2.04. The van der Waals surface area contributed by atoms with Gasteiger partial charge in [-0.05, 0) is 38.5 Å². The van der Waals surface area contributed by atoms with Gasteiger partial charge in [-0.2, -0.15) is 0 Å². The maximum Gasteiger partial charge on any atom is 0.0466 e.